The van der Waals surface area contributed by atoms with Crippen molar-refractivity contribution in [3.63, 3.8) is 0 Å². The molecule has 0 fully saturated rings. The fourth-order valence-electron chi connectivity index (χ4n) is 1.83. The number of aromatic nitrogens is 2. The molecule has 2 N–H and O–H groups in total. The van der Waals surface area contributed by atoms with Crippen LogP contribution in [0.2, 0.25) is 0 Å². The van der Waals surface area contributed by atoms with E-state index in [0.717, 1.165) is 6.07 Å². The van der Waals surface area contributed by atoms with Crippen molar-refractivity contribution in [3.05, 3.63) is 57.8 Å². The van der Waals surface area contributed by atoms with E-state index in [1.165, 1.54) is 31.0 Å². The number of anilines is 1. The van der Waals surface area contributed by atoms with Crippen molar-refractivity contribution >= 4 is 29.3 Å². The fourth-order valence-corrected chi connectivity index (χ4v) is 2.24. The summed E-state index contributed by atoms with van der Waals surface area (Å²) in [6, 6.07) is 7.35. The van der Waals surface area contributed by atoms with E-state index in [-0.39, 0.29) is 11.3 Å². The molecule has 1 aromatic heterocycles. The second-order valence-corrected chi connectivity index (χ2v) is 5.40. The average molecular weight is 333 g/mol. The molecule has 2 aromatic rings. The van der Waals surface area contributed by atoms with Crippen LogP contribution >= 0.6 is 11.8 Å². The number of ether oxygens (including phenoxy) is 1. The van der Waals surface area contributed by atoms with Gasteiger partial charge in [-0.2, -0.15) is 11.8 Å². The first-order valence-electron chi connectivity index (χ1n) is 6.62. The number of nitrogens with one attached hydrogen (secondary N) is 2. The van der Waals surface area contributed by atoms with Gasteiger partial charge in [-0.1, -0.05) is 0 Å². The molecule has 0 unspecified atom stereocenters. The Morgan fingerprint density at radius 3 is 2.61 bits per heavy atom. The largest absolute Gasteiger partial charge is 0.465 e. The highest BCUT2D eigenvalue weighted by atomic mass is 32.2. The zero-order valence-electron chi connectivity index (χ0n) is 12.6. The van der Waals surface area contributed by atoms with Crippen LogP contribution in [0.4, 0.5) is 5.69 Å². The van der Waals surface area contributed by atoms with E-state index >= 15 is 0 Å². The SMILES string of the molecule is COC(=O)c1ccc(NC(=O)c2cc(=O)[nH]c(CSC)n2)cc1. The number of hydrogen-bond donors (Lipinski definition) is 2. The molecule has 1 aromatic carbocycles. The summed E-state index contributed by atoms with van der Waals surface area (Å²) >= 11 is 1.49. The number of nitrogens with zero attached hydrogens (tertiary/aromatic N) is 1. The number of H-pyrrole nitrogens is 1. The molecule has 23 heavy (non-hydrogen) atoms. The van der Waals surface area contributed by atoms with Crippen molar-refractivity contribution in [2.75, 3.05) is 18.7 Å². The van der Waals surface area contributed by atoms with Crippen LogP contribution in [0.1, 0.15) is 26.7 Å². The van der Waals surface area contributed by atoms with Crippen molar-refractivity contribution in [3.8, 4) is 0 Å². The summed E-state index contributed by atoms with van der Waals surface area (Å²) in [4.78, 5) is 41.8. The maximum absolute atomic E-state index is 12.2. The van der Waals surface area contributed by atoms with Gasteiger partial charge in [-0.3, -0.25) is 9.59 Å². The number of aromatic amines is 1. The Morgan fingerprint density at radius 2 is 2.00 bits per heavy atom. The summed E-state index contributed by atoms with van der Waals surface area (Å²) in [6.07, 6.45) is 1.87. The van der Waals surface area contributed by atoms with E-state index in [0.29, 0.717) is 22.8 Å². The van der Waals surface area contributed by atoms with Crippen LogP contribution in [-0.2, 0) is 10.5 Å². The van der Waals surface area contributed by atoms with Crippen LogP contribution in [0.15, 0.2) is 35.1 Å². The molecule has 2 rings (SSSR count). The molecular weight excluding hydrogens is 318 g/mol. The molecule has 0 radical (unpaired) electrons. The highest BCUT2D eigenvalue weighted by Crippen LogP contribution is 2.11. The molecule has 7 nitrogen and oxygen atoms in total. The number of esters is 1. The molecule has 0 saturated carbocycles. The lowest BCUT2D eigenvalue weighted by atomic mass is 10.2. The molecule has 8 heteroatoms. The third-order valence-corrected chi connectivity index (χ3v) is 3.43. The highest BCUT2D eigenvalue weighted by Gasteiger charge is 2.11. The molecule has 0 saturated heterocycles. The van der Waals surface area contributed by atoms with E-state index in [9.17, 15) is 14.4 Å². The van der Waals surface area contributed by atoms with Crippen molar-refractivity contribution in [1.82, 2.24) is 9.97 Å². The smallest absolute Gasteiger partial charge is 0.337 e. The topological polar surface area (TPSA) is 101 Å². The Morgan fingerprint density at radius 1 is 1.30 bits per heavy atom. The van der Waals surface area contributed by atoms with Crippen molar-refractivity contribution < 1.29 is 14.3 Å². The van der Waals surface area contributed by atoms with Crippen LogP contribution in [0.5, 0.6) is 0 Å². The van der Waals surface area contributed by atoms with Gasteiger partial charge in [-0.15, -0.1) is 0 Å². The normalized spacial score (nSPS) is 10.2. The fraction of sp³-hybridized carbons (Fsp3) is 0.200. The number of benzene rings is 1. The average Bonchev–Trinajstić information content (AvgIpc) is 2.54. The minimum absolute atomic E-state index is 0.0369. The summed E-state index contributed by atoms with van der Waals surface area (Å²) in [5, 5.41) is 2.63. The van der Waals surface area contributed by atoms with Crippen LogP contribution in [0.3, 0.4) is 0 Å². The van der Waals surface area contributed by atoms with Gasteiger partial charge in [0.2, 0.25) is 0 Å². The molecular formula is C15H15N3O4S. The predicted molar refractivity (Wildman–Crippen MR) is 87.8 cm³/mol. The van der Waals surface area contributed by atoms with E-state index in [4.69, 9.17) is 0 Å². The minimum Gasteiger partial charge on any atom is -0.465 e. The summed E-state index contributed by atoms with van der Waals surface area (Å²) in [7, 11) is 1.29. The van der Waals surface area contributed by atoms with E-state index < -0.39 is 11.9 Å². The lowest BCUT2D eigenvalue weighted by molar-refractivity contribution is 0.0600. The Balaban J connectivity index is 2.15. The molecule has 1 heterocycles. The molecule has 1 amide bonds. The first-order valence-corrected chi connectivity index (χ1v) is 8.01. The molecule has 0 atom stereocenters. The standard InChI is InChI=1S/C15H15N3O4S/c1-22-15(21)9-3-5-10(6-4-9)16-14(20)11-7-13(19)18-12(17-11)8-23-2/h3-7H,8H2,1-2H3,(H,16,20)(H,17,18,19). The van der Waals surface area contributed by atoms with Gasteiger partial charge in [0, 0.05) is 11.8 Å². The van der Waals surface area contributed by atoms with Gasteiger partial charge in [-0.05, 0) is 30.5 Å². The van der Waals surface area contributed by atoms with Crippen LogP contribution in [-0.4, -0.2) is 35.2 Å². The second-order valence-electron chi connectivity index (χ2n) is 4.53. The third kappa shape index (κ3) is 4.43. The Hall–Kier alpha value is -2.61. The molecule has 0 aliphatic rings. The van der Waals surface area contributed by atoms with E-state index in [2.05, 4.69) is 20.0 Å². The molecule has 0 bridgehead atoms. The van der Waals surface area contributed by atoms with Gasteiger partial charge in [0.1, 0.15) is 11.5 Å². The number of thioether (sulfide) groups is 1. The van der Waals surface area contributed by atoms with Gasteiger partial charge in [0.25, 0.3) is 11.5 Å². The molecule has 120 valence electrons. The summed E-state index contributed by atoms with van der Waals surface area (Å²) in [5.41, 5.74) is 0.517. The van der Waals surface area contributed by atoms with E-state index in [1.54, 1.807) is 12.1 Å². The first-order chi connectivity index (χ1) is 11.0. The number of hydrogen-bond acceptors (Lipinski definition) is 6. The zero-order chi connectivity index (χ0) is 16.8. The van der Waals surface area contributed by atoms with Crippen molar-refractivity contribution in [1.29, 1.82) is 0 Å². The van der Waals surface area contributed by atoms with Gasteiger partial charge in [0.05, 0.1) is 18.4 Å². The lowest BCUT2D eigenvalue weighted by Gasteiger charge is -2.06. The van der Waals surface area contributed by atoms with Crippen LogP contribution < -0.4 is 10.9 Å². The zero-order valence-corrected chi connectivity index (χ0v) is 13.4. The summed E-state index contributed by atoms with van der Waals surface area (Å²) < 4.78 is 4.60. The van der Waals surface area contributed by atoms with Crippen LogP contribution in [0.25, 0.3) is 0 Å². The number of carbonyl (C=O) groups excluding carboxylic acids is 2. The van der Waals surface area contributed by atoms with Crippen molar-refractivity contribution in [2.24, 2.45) is 0 Å². The lowest BCUT2D eigenvalue weighted by Crippen LogP contribution is -2.20. The monoisotopic (exact) mass is 333 g/mol. The Labute approximate surface area is 136 Å². The summed E-state index contributed by atoms with van der Waals surface area (Å²) in [5.74, 6) is -0.00853. The Bertz CT molecular complexity index is 771. The maximum Gasteiger partial charge on any atom is 0.337 e. The van der Waals surface area contributed by atoms with Gasteiger partial charge >= 0.3 is 5.97 Å². The molecule has 0 spiro atoms. The minimum atomic E-state index is -0.496. The number of rotatable bonds is 5. The van der Waals surface area contributed by atoms with Gasteiger partial charge in [0.15, 0.2) is 0 Å². The third-order valence-electron chi connectivity index (χ3n) is 2.87. The Kier molecular flexibility index (Phi) is 5.53. The predicted octanol–water partition coefficient (Wildman–Crippen LogP) is 1.67. The maximum atomic E-state index is 12.2. The van der Waals surface area contributed by atoms with Gasteiger partial charge < -0.3 is 15.0 Å². The number of carbonyl (C=O) groups is 2. The highest BCUT2D eigenvalue weighted by molar-refractivity contribution is 7.97. The first kappa shape index (κ1) is 16.8. The van der Waals surface area contributed by atoms with Crippen molar-refractivity contribution in [2.45, 2.75) is 5.75 Å². The molecule has 0 aliphatic heterocycles. The van der Waals surface area contributed by atoms with Gasteiger partial charge in [-0.25, -0.2) is 9.78 Å². The number of methoxy groups -OCH3 is 1. The number of amides is 1. The van der Waals surface area contributed by atoms with E-state index in [1.807, 2.05) is 6.26 Å². The summed E-state index contributed by atoms with van der Waals surface area (Å²) in [6.45, 7) is 0. The van der Waals surface area contributed by atoms with Crippen LogP contribution in [0, 0.1) is 0 Å². The second kappa shape index (κ2) is 7.59. The quantitative estimate of drug-likeness (QED) is 0.807. The molecule has 0 aliphatic carbocycles.